The molecule has 400 valence electrons. The van der Waals surface area contributed by atoms with Gasteiger partial charge in [-0.05, 0) is 43.2 Å². The van der Waals surface area contributed by atoms with Crippen LogP contribution in [0.4, 0.5) is 4.79 Å². The first-order valence-corrected chi connectivity index (χ1v) is 24.0. The van der Waals surface area contributed by atoms with Gasteiger partial charge in [-0.25, -0.2) is 9.59 Å². The van der Waals surface area contributed by atoms with Gasteiger partial charge in [-0.1, -0.05) is 73.5 Å². The van der Waals surface area contributed by atoms with Crippen LogP contribution in [0.1, 0.15) is 88.2 Å². The molecular weight excluding hydrogens is 979 g/mol. The predicted molar refractivity (Wildman–Crippen MR) is 261 cm³/mol. The largest absolute Gasteiger partial charge is 0.481 e. The molecule has 0 aliphatic heterocycles. The molecule has 0 bridgehead atoms. The van der Waals surface area contributed by atoms with E-state index in [0.29, 0.717) is 31.2 Å². The number of ether oxygens (including phenoxy) is 1. The third-order valence-corrected chi connectivity index (χ3v) is 11.6. The van der Waals surface area contributed by atoms with Crippen LogP contribution < -0.4 is 37.6 Å². The van der Waals surface area contributed by atoms with E-state index in [1.807, 2.05) is 0 Å². The molecule has 0 saturated heterocycles. The second kappa shape index (κ2) is 34.0. The molecule has 24 nitrogen and oxygen atoms in total. The molecule has 0 spiro atoms. The number of carbonyl (C=O) groups is 12. The smallest absolute Gasteiger partial charge is 0.326 e. The van der Waals surface area contributed by atoms with E-state index in [4.69, 9.17) is 10.8 Å². The third kappa shape index (κ3) is 26.0. The second-order valence-electron chi connectivity index (χ2n) is 17.0. The zero-order valence-corrected chi connectivity index (χ0v) is 40.9. The summed E-state index contributed by atoms with van der Waals surface area (Å²) in [4.78, 5) is 148. The van der Waals surface area contributed by atoms with E-state index < -0.39 is 133 Å². The highest BCUT2D eigenvalue weighted by Crippen LogP contribution is 2.17. The number of thiol groups is 1. The number of hydrogen-bond donors (Lipinski definition) is 12. The molecule has 73 heavy (non-hydrogen) atoms. The first kappa shape index (κ1) is 61.7. The standard InChI is InChI=1S/C48H65N7O17S/c49-33(45(66)53-36(25-43(63)64)38(58)24-32(27-73)46(67)68)26-51-44(65)31(21-29-11-5-3-6-12-29)23-37(57)35(22-30-13-7-4-8-14-30)52-40(60)15-9-1-2-10-20-50-39(59)17-16-34(47(69)70)54-48(71)55-41(72-28-56)18-19-42(61)62/h3-8,11-14,28,31-36,41,73H,1-2,9-10,15-27,49H2,(H,50,59)(H,51,65)(H,52,60)(H,53,66)(H,61,62)(H,63,64)(H,67,68)(H,69,70)(H2,54,55,71)/t31-,32+,33+,34+,35+,36+,41-/m1/s1. The summed E-state index contributed by atoms with van der Waals surface area (Å²) in [5, 5.41) is 51.5. The number of amides is 6. The predicted octanol–water partition coefficient (Wildman–Crippen LogP) is 0.488. The van der Waals surface area contributed by atoms with Gasteiger partial charge in [0, 0.05) is 56.9 Å². The Bertz CT molecular complexity index is 2190. The molecule has 12 N–H and O–H groups in total. The highest BCUT2D eigenvalue weighted by Gasteiger charge is 2.32. The summed E-state index contributed by atoms with van der Waals surface area (Å²) >= 11 is 3.91. The van der Waals surface area contributed by atoms with Crippen LogP contribution in [-0.4, -0.2) is 141 Å². The molecule has 0 aliphatic rings. The number of ketones is 2. The van der Waals surface area contributed by atoms with Crippen molar-refractivity contribution >= 4 is 84.2 Å². The molecule has 0 heterocycles. The van der Waals surface area contributed by atoms with Crippen molar-refractivity contribution in [2.24, 2.45) is 17.6 Å². The lowest BCUT2D eigenvalue weighted by Crippen LogP contribution is -2.53. The van der Waals surface area contributed by atoms with Crippen molar-refractivity contribution in [2.75, 3.05) is 18.8 Å². The highest BCUT2D eigenvalue weighted by atomic mass is 32.1. The monoisotopic (exact) mass is 1040 g/mol. The number of nitrogens with one attached hydrogen (secondary N) is 6. The molecule has 0 saturated carbocycles. The molecule has 7 atom stereocenters. The van der Waals surface area contributed by atoms with Crippen LogP contribution in [0.2, 0.25) is 0 Å². The van der Waals surface area contributed by atoms with Crippen molar-refractivity contribution in [3.8, 4) is 0 Å². The Balaban J connectivity index is 1.98. The average Bonchev–Trinajstić information content (AvgIpc) is 3.34. The number of urea groups is 1. The number of hydrogen-bond acceptors (Lipinski definition) is 15. The van der Waals surface area contributed by atoms with E-state index in [9.17, 15) is 72.9 Å². The van der Waals surface area contributed by atoms with Crippen LogP contribution in [0.25, 0.3) is 0 Å². The highest BCUT2D eigenvalue weighted by molar-refractivity contribution is 7.80. The van der Waals surface area contributed by atoms with Crippen LogP contribution in [0, 0.1) is 11.8 Å². The molecule has 0 aromatic heterocycles. The van der Waals surface area contributed by atoms with E-state index in [1.54, 1.807) is 60.7 Å². The van der Waals surface area contributed by atoms with Crippen LogP contribution in [0.3, 0.4) is 0 Å². The van der Waals surface area contributed by atoms with Crippen LogP contribution in [0.15, 0.2) is 60.7 Å². The van der Waals surface area contributed by atoms with Crippen LogP contribution >= 0.6 is 12.6 Å². The van der Waals surface area contributed by atoms with E-state index in [-0.39, 0.29) is 63.7 Å². The van der Waals surface area contributed by atoms with Crippen molar-refractivity contribution in [1.29, 1.82) is 0 Å². The van der Waals surface area contributed by atoms with Crippen molar-refractivity contribution in [3.63, 3.8) is 0 Å². The molecule has 0 radical (unpaired) electrons. The minimum Gasteiger partial charge on any atom is -0.481 e. The quantitative estimate of drug-likeness (QED) is 0.0188. The van der Waals surface area contributed by atoms with Gasteiger partial charge in [0.05, 0.1) is 30.8 Å². The normalized spacial score (nSPS) is 13.7. The van der Waals surface area contributed by atoms with E-state index in [1.165, 1.54) is 0 Å². The number of Topliss-reactive ketones (excluding diaryl/α,β-unsaturated/α-hetero) is 2. The number of aliphatic carboxylic acids is 4. The van der Waals surface area contributed by atoms with E-state index in [2.05, 4.69) is 49.3 Å². The molecule has 0 unspecified atom stereocenters. The molecule has 6 amide bonds. The second-order valence-corrected chi connectivity index (χ2v) is 17.3. The van der Waals surface area contributed by atoms with Crippen molar-refractivity contribution < 1.29 is 82.7 Å². The summed E-state index contributed by atoms with van der Waals surface area (Å²) in [5.41, 5.74) is 7.48. The van der Waals surface area contributed by atoms with Crippen molar-refractivity contribution in [3.05, 3.63) is 71.8 Å². The van der Waals surface area contributed by atoms with Gasteiger partial charge in [0.1, 0.15) is 12.1 Å². The lowest BCUT2D eigenvalue weighted by molar-refractivity contribution is -0.144. The molecule has 2 rings (SSSR count). The molecule has 25 heteroatoms. The number of carboxylic acids is 4. The third-order valence-electron chi connectivity index (χ3n) is 11.1. The number of carboxylic acid groups (broad SMARTS) is 4. The maximum Gasteiger partial charge on any atom is 0.326 e. The number of benzene rings is 2. The lowest BCUT2D eigenvalue weighted by atomic mass is 9.89. The Morgan fingerprint density at radius 3 is 1.75 bits per heavy atom. The maximum atomic E-state index is 14.1. The van der Waals surface area contributed by atoms with Gasteiger partial charge in [0.25, 0.3) is 6.47 Å². The number of rotatable bonds is 38. The SMILES string of the molecule is N[C@@H](CNC(=O)[C@@H](CC(=O)[C@H](Cc1ccccc1)NC(=O)CCCCCCNC(=O)CC[C@H](NC(=O)N[C@@H](CCC(=O)O)OC=O)C(=O)O)Cc1ccccc1)C(=O)N[C@@H](CC(=O)O)C(=O)C[C@@H](CS)C(=O)O. The topological polar surface area (TPSA) is 393 Å². The molecular formula is C48H65N7O17S. The summed E-state index contributed by atoms with van der Waals surface area (Å²) in [6.07, 6.45) is -2.06. The van der Waals surface area contributed by atoms with E-state index >= 15 is 0 Å². The zero-order chi connectivity index (χ0) is 54.3. The summed E-state index contributed by atoms with van der Waals surface area (Å²) < 4.78 is 4.61. The fraction of sp³-hybridized carbons (Fsp3) is 0.500. The Morgan fingerprint density at radius 2 is 1.18 bits per heavy atom. The Morgan fingerprint density at radius 1 is 0.575 bits per heavy atom. The fourth-order valence-electron chi connectivity index (χ4n) is 7.12. The number of carbonyl (C=O) groups excluding carboxylic acids is 8. The van der Waals surface area contributed by atoms with Gasteiger partial charge in [0.15, 0.2) is 17.8 Å². The van der Waals surface area contributed by atoms with Gasteiger partial charge in [-0.15, -0.1) is 0 Å². The molecule has 0 aliphatic carbocycles. The first-order valence-electron chi connectivity index (χ1n) is 23.4. The molecule has 2 aromatic rings. The van der Waals surface area contributed by atoms with Gasteiger partial charge in [0.2, 0.25) is 23.6 Å². The van der Waals surface area contributed by atoms with Gasteiger partial charge in [-0.3, -0.25) is 47.9 Å². The van der Waals surface area contributed by atoms with Crippen molar-refractivity contribution in [2.45, 2.75) is 120 Å². The minimum atomic E-state index is -1.61. The van der Waals surface area contributed by atoms with Gasteiger partial charge in [-0.2, -0.15) is 12.6 Å². The summed E-state index contributed by atoms with van der Waals surface area (Å²) in [5.74, 6) is -11.8. The van der Waals surface area contributed by atoms with Crippen molar-refractivity contribution in [1.82, 2.24) is 31.9 Å². The Hall–Kier alpha value is -7.41. The number of unbranched alkanes of at least 4 members (excludes halogenated alkanes) is 3. The summed E-state index contributed by atoms with van der Waals surface area (Å²) in [6.45, 7) is -0.254. The van der Waals surface area contributed by atoms with Gasteiger partial charge >= 0.3 is 29.9 Å². The average molecular weight is 1040 g/mol. The summed E-state index contributed by atoms with van der Waals surface area (Å²) in [6, 6.07) is 11.0. The summed E-state index contributed by atoms with van der Waals surface area (Å²) in [7, 11) is 0. The fourth-order valence-corrected chi connectivity index (χ4v) is 7.40. The minimum absolute atomic E-state index is 0.000102. The molecule has 2 aromatic carbocycles. The molecule has 0 fully saturated rings. The van der Waals surface area contributed by atoms with Gasteiger partial charge < -0.3 is 62.8 Å². The Labute approximate surface area is 426 Å². The number of nitrogens with two attached hydrogens (primary N) is 1. The first-order chi connectivity index (χ1) is 34.7. The van der Waals surface area contributed by atoms with Crippen LogP contribution in [0.5, 0.6) is 0 Å². The van der Waals surface area contributed by atoms with Crippen LogP contribution in [-0.2, 0) is 70.3 Å². The Kier molecular flexibility index (Phi) is 28.8. The van der Waals surface area contributed by atoms with E-state index in [0.717, 1.165) is 5.56 Å². The maximum absolute atomic E-state index is 14.1. The zero-order valence-electron chi connectivity index (χ0n) is 40.0. The lowest BCUT2D eigenvalue weighted by Gasteiger charge is -2.23.